The van der Waals surface area contributed by atoms with Gasteiger partial charge in [-0.3, -0.25) is 4.79 Å². The molecule has 20 heavy (non-hydrogen) atoms. The number of benzene rings is 1. The van der Waals surface area contributed by atoms with Crippen LogP contribution in [0.15, 0.2) is 24.3 Å². The summed E-state index contributed by atoms with van der Waals surface area (Å²) in [5.74, 6) is -0.0372. The molecule has 4 nitrogen and oxygen atoms in total. The van der Waals surface area contributed by atoms with Crippen LogP contribution < -0.4 is 11.1 Å². The highest BCUT2D eigenvalue weighted by molar-refractivity contribution is 5.94. The molecule has 1 fully saturated rings. The van der Waals surface area contributed by atoms with Crippen LogP contribution in [0.1, 0.15) is 43.1 Å². The minimum absolute atomic E-state index is 0.0372. The molecule has 2 atom stereocenters. The van der Waals surface area contributed by atoms with Crippen LogP contribution >= 0.6 is 0 Å². The molecule has 3 N–H and O–H groups in total. The van der Waals surface area contributed by atoms with Gasteiger partial charge in [0.2, 0.25) is 0 Å². The van der Waals surface area contributed by atoms with E-state index in [4.69, 9.17) is 10.5 Å². The van der Waals surface area contributed by atoms with E-state index in [2.05, 4.69) is 26.1 Å². The van der Waals surface area contributed by atoms with E-state index in [-0.39, 0.29) is 23.0 Å². The minimum Gasteiger partial charge on any atom is -0.378 e. The largest absolute Gasteiger partial charge is 0.378 e. The topological polar surface area (TPSA) is 64.3 Å². The molecule has 0 spiro atoms. The number of methoxy groups -OCH3 is 1. The average molecular weight is 276 g/mol. The first-order valence-electron chi connectivity index (χ1n) is 6.99. The van der Waals surface area contributed by atoms with E-state index < -0.39 is 0 Å². The molecule has 1 aliphatic rings. The second kappa shape index (κ2) is 5.19. The van der Waals surface area contributed by atoms with Gasteiger partial charge in [-0.05, 0) is 31.0 Å². The molecule has 2 unspecified atom stereocenters. The number of ether oxygens (including phenoxy) is 1. The summed E-state index contributed by atoms with van der Waals surface area (Å²) in [5, 5.41) is 3.10. The number of amides is 1. The predicted molar refractivity (Wildman–Crippen MR) is 79.4 cm³/mol. The summed E-state index contributed by atoms with van der Waals surface area (Å²) < 4.78 is 5.57. The lowest BCUT2D eigenvalue weighted by molar-refractivity contribution is -0.177. The van der Waals surface area contributed by atoms with Crippen molar-refractivity contribution in [3.05, 3.63) is 35.4 Å². The van der Waals surface area contributed by atoms with Crippen molar-refractivity contribution in [1.29, 1.82) is 0 Å². The summed E-state index contributed by atoms with van der Waals surface area (Å²) in [7, 11) is 1.73. The van der Waals surface area contributed by atoms with Crippen molar-refractivity contribution < 1.29 is 9.53 Å². The maximum atomic E-state index is 12.3. The Balaban J connectivity index is 2.02. The first-order valence-corrected chi connectivity index (χ1v) is 6.99. The molecule has 0 aromatic heterocycles. The van der Waals surface area contributed by atoms with Gasteiger partial charge in [-0.2, -0.15) is 0 Å². The fraction of sp³-hybridized carbons (Fsp3) is 0.562. The van der Waals surface area contributed by atoms with Crippen LogP contribution in [-0.2, 0) is 11.3 Å². The first kappa shape index (κ1) is 15.0. The normalized spacial score (nSPS) is 27.8. The van der Waals surface area contributed by atoms with Crippen LogP contribution in [0.2, 0.25) is 0 Å². The van der Waals surface area contributed by atoms with E-state index >= 15 is 0 Å². The van der Waals surface area contributed by atoms with Crippen molar-refractivity contribution in [2.45, 2.75) is 45.4 Å². The van der Waals surface area contributed by atoms with Crippen LogP contribution in [0, 0.1) is 5.41 Å². The average Bonchev–Trinajstić information content (AvgIpc) is 2.46. The molecule has 2 rings (SSSR count). The highest BCUT2D eigenvalue weighted by atomic mass is 16.5. The zero-order chi connectivity index (χ0) is 15.0. The Labute approximate surface area is 120 Å². The molecule has 110 valence electrons. The summed E-state index contributed by atoms with van der Waals surface area (Å²) >= 11 is 0. The van der Waals surface area contributed by atoms with E-state index in [0.717, 1.165) is 12.0 Å². The summed E-state index contributed by atoms with van der Waals surface area (Å²) in [6.07, 6.45) is 0.836. The Hall–Kier alpha value is -1.39. The minimum atomic E-state index is -0.172. The van der Waals surface area contributed by atoms with Crippen LogP contribution in [0.5, 0.6) is 0 Å². The van der Waals surface area contributed by atoms with Gasteiger partial charge < -0.3 is 15.8 Å². The Kier molecular flexibility index (Phi) is 3.89. The van der Waals surface area contributed by atoms with Gasteiger partial charge in [0.05, 0.1) is 5.60 Å². The predicted octanol–water partition coefficient (Wildman–Crippen LogP) is 2.08. The maximum Gasteiger partial charge on any atom is 0.251 e. The van der Waals surface area contributed by atoms with Crippen molar-refractivity contribution >= 4 is 5.91 Å². The van der Waals surface area contributed by atoms with Crippen LogP contribution in [0.3, 0.4) is 0 Å². The Morgan fingerprint density at radius 3 is 2.40 bits per heavy atom. The third-order valence-corrected chi connectivity index (χ3v) is 5.04. The number of carbonyl (C=O) groups excluding carboxylic acids is 1. The van der Waals surface area contributed by atoms with E-state index in [0.29, 0.717) is 12.1 Å². The van der Waals surface area contributed by atoms with Gasteiger partial charge >= 0.3 is 0 Å². The molecule has 0 heterocycles. The quantitative estimate of drug-likeness (QED) is 0.885. The van der Waals surface area contributed by atoms with E-state index in [1.165, 1.54) is 0 Å². The molecule has 0 aliphatic heterocycles. The molecule has 4 heteroatoms. The molecule has 1 saturated carbocycles. The van der Waals surface area contributed by atoms with Crippen molar-refractivity contribution in [2.24, 2.45) is 11.1 Å². The van der Waals surface area contributed by atoms with Crippen molar-refractivity contribution in [2.75, 3.05) is 7.11 Å². The molecule has 1 amide bonds. The number of nitrogens with one attached hydrogen (secondary N) is 1. The van der Waals surface area contributed by atoms with Crippen LogP contribution in [0.25, 0.3) is 0 Å². The zero-order valence-corrected chi connectivity index (χ0v) is 12.7. The van der Waals surface area contributed by atoms with Gasteiger partial charge in [-0.15, -0.1) is 0 Å². The highest BCUT2D eigenvalue weighted by Crippen LogP contribution is 2.51. The summed E-state index contributed by atoms with van der Waals surface area (Å²) in [5.41, 5.74) is 7.00. The SMILES string of the molecule is COC1(C)CC(NC(=O)c2ccc(CN)cc2)C1(C)C. The third kappa shape index (κ3) is 2.34. The summed E-state index contributed by atoms with van der Waals surface area (Å²) in [6.45, 7) is 6.83. The molecular weight excluding hydrogens is 252 g/mol. The van der Waals surface area contributed by atoms with Gasteiger partial charge in [0.1, 0.15) is 0 Å². The number of nitrogens with two attached hydrogens (primary N) is 1. The lowest BCUT2D eigenvalue weighted by Gasteiger charge is -2.59. The van der Waals surface area contributed by atoms with Gasteiger partial charge in [0.15, 0.2) is 0 Å². The van der Waals surface area contributed by atoms with Gasteiger partial charge in [0, 0.05) is 30.7 Å². The monoisotopic (exact) mass is 276 g/mol. The fourth-order valence-corrected chi connectivity index (χ4v) is 2.76. The van der Waals surface area contributed by atoms with Gasteiger partial charge in [-0.1, -0.05) is 26.0 Å². The smallest absolute Gasteiger partial charge is 0.251 e. The number of rotatable bonds is 4. The summed E-state index contributed by atoms with van der Waals surface area (Å²) in [6, 6.07) is 7.55. The molecule has 0 saturated heterocycles. The third-order valence-electron chi connectivity index (χ3n) is 5.04. The number of carbonyl (C=O) groups is 1. The second-order valence-electron chi connectivity index (χ2n) is 6.29. The lowest BCUT2D eigenvalue weighted by atomic mass is 9.56. The van der Waals surface area contributed by atoms with Crippen molar-refractivity contribution in [1.82, 2.24) is 5.32 Å². The number of hydrogen-bond donors (Lipinski definition) is 2. The van der Waals surface area contributed by atoms with E-state index in [1.807, 2.05) is 24.3 Å². The first-order chi connectivity index (χ1) is 9.34. The van der Waals surface area contributed by atoms with Crippen molar-refractivity contribution in [3.63, 3.8) is 0 Å². The number of hydrogen-bond acceptors (Lipinski definition) is 3. The molecule has 1 aromatic rings. The van der Waals surface area contributed by atoms with E-state index in [9.17, 15) is 4.79 Å². The molecule has 1 aliphatic carbocycles. The second-order valence-corrected chi connectivity index (χ2v) is 6.29. The van der Waals surface area contributed by atoms with Crippen LogP contribution in [-0.4, -0.2) is 24.7 Å². The lowest BCUT2D eigenvalue weighted by Crippen LogP contribution is -2.68. The Morgan fingerprint density at radius 2 is 1.95 bits per heavy atom. The molecular formula is C16H24N2O2. The van der Waals surface area contributed by atoms with Crippen molar-refractivity contribution in [3.8, 4) is 0 Å². The Morgan fingerprint density at radius 1 is 1.35 bits per heavy atom. The standard InChI is InChI=1S/C16H24N2O2/c1-15(2)13(9-16(15,3)20-4)18-14(19)12-7-5-11(10-17)6-8-12/h5-8,13H,9-10,17H2,1-4H3,(H,18,19). The zero-order valence-electron chi connectivity index (χ0n) is 12.7. The Bertz CT molecular complexity index is 496. The van der Waals surface area contributed by atoms with Gasteiger partial charge in [0.25, 0.3) is 5.91 Å². The highest BCUT2D eigenvalue weighted by Gasteiger charge is 2.58. The maximum absolute atomic E-state index is 12.3. The van der Waals surface area contributed by atoms with Gasteiger partial charge in [-0.25, -0.2) is 0 Å². The molecule has 0 radical (unpaired) electrons. The molecule has 0 bridgehead atoms. The molecule has 1 aromatic carbocycles. The van der Waals surface area contributed by atoms with E-state index in [1.54, 1.807) is 7.11 Å². The van der Waals surface area contributed by atoms with Crippen LogP contribution in [0.4, 0.5) is 0 Å². The fourth-order valence-electron chi connectivity index (χ4n) is 2.76. The summed E-state index contributed by atoms with van der Waals surface area (Å²) in [4.78, 5) is 12.3.